The maximum absolute atomic E-state index is 12.5. The number of nitrogens with two attached hydrogens (primary N) is 2. The van der Waals surface area contributed by atoms with Gasteiger partial charge in [-0.3, -0.25) is 9.59 Å². The number of aliphatic hydroxyl groups is 2. The van der Waals surface area contributed by atoms with Crippen LogP contribution >= 0.6 is 0 Å². The Bertz CT molecular complexity index is 1130. The van der Waals surface area contributed by atoms with Gasteiger partial charge in [0.1, 0.15) is 43.0 Å². The second-order valence-corrected chi connectivity index (χ2v) is 8.71. The Hall–Kier alpha value is -3.71. The Morgan fingerprint density at radius 1 is 0.973 bits per heavy atom. The molecule has 12 heteroatoms. The van der Waals surface area contributed by atoms with E-state index in [1.807, 2.05) is 0 Å². The summed E-state index contributed by atoms with van der Waals surface area (Å²) < 4.78 is 11.5. The summed E-state index contributed by atoms with van der Waals surface area (Å²) in [5.74, 6) is -1.58. The van der Waals surface area contributed by atoms with Crippen LogP contribution in [0.1, 0.15) is 11.1 Å². The maximum atomic E-state index is 12.5. The minimum absolute atomic E-state index is 0.000535. The largest absolute Gasteiger partial charge is 0.491 e. The first-order valence-corrected chi connectivity index (χ1v) is 11.8. The molecule has 4 bridgehead atoms. The Kier molecular flexibility index (Phi) is 9.80. The number of fused-ring (bicyclic) bond motifs is 5. The fourth-order valence-corrected chi connectivity index (χ4v) is 3.68. The summed E-state index contributed by atoms with van der Waals surface area (Å²) in [4.78, 5) is 36.6. The highest BCUT2D eigenvalue weighted by atomic mass is 16.5. The van der Waals surface area contributed by atoms with E-state index < -0.39 is 36.0 Å². The summed E-state index contributed by atoms with van der Waals surface area (Å²) in [5.41, 5.74) is 13.3. The fraction of sp³-hybridized carbons (Fsp3) is 0.400. The lowest BCUT2D eigenvalue weighted by Gasteiger charge is -2.20. The molecule has 2 amide bonds. The van der Waals surface area contributed by atoms with Crippen molar-refractivity contribution in [3.63, 3.8) is 0 Å². The number of carboxylic acids is 1. The SMILES string of the molecule is NC[C@@H](O)COc1cc2cc(c1)-c1cc(ccc1OC[C@H](O)CN)CC(C(=O)O)NC(=O)CNC(=O)C2. The van der Waals surface area contributed by atoms with E-state index in [0.29, 0.717) is 33.8 Å². The quantitative estimate of drug-likeness (QED) is 0.206. The summed E-state index contributed by atoms with van der Waals surface area (Å²) in [6, 6.07) is 8.88. The number of benzene rings is 2. The first-order chi connectivity index (χ1) is 17.7. The van der Waals surface area contributed by atoms with E-state index in [1.54, 1.807) is 36.4 Å². The van der Waals surface area contributed by atoms with Crippen molar-refractivity contribution < 1.29 is 39.2 Å². The third-order valence-electron chi connectivity index (χ3n) is 5.62. The van der Waals surface area contributed by atoms with Crippen LogP contribution in [-0.4, -0.2) is 84.2 Å². The van der Waals surface area contributed by atoms with Crippen molar-refractivity contribution in [2.75, 3.05) is 32.8 Å². The molecule has 3 atom stereocenters. The van der Waals surface area contributed by atoms with Crippen LogP contribution in [0.25, 0.3) is 11.1 Å². The second-order valence-electron chi connectivity index (χ2n) is 8.71. The first kappa shape index (κ1) is 27.9. The standard InChI is InChI=1S/C25H32N4O8/c26-9-17(30)12-36-19-4-15-3-16(8-19)20-5-14(1-2-22(20)37-13-18(31)10-27)6-21(25(34)35)29-24(33)11-28-23(32)7-15/h1-5,8,17-18,21,30-31H,6-7,9-13,26-27H2,(H,28,32)(H,29,33)(H,34,35)/t17-,18-,21?/m1/s1. The molecule has 2 aromatic carbocycles. The van der Waals surface area contributed by atoms with Crippen LogP contribution in [0.5, 0.6) is 11.5 Å². The van der Waals surface area contributed by atoms with E-state index in [4.69, 9.17) is 20.9 Å². The number of aliphatic hydroxyl groups excluding tert-OH is 2. The first-order valence-electron chi connectivity index (χ1n) is 11.8. The van der Waals surface area contributed by atoms with E-state index in [0.717, 1.165) is 0 Å². The van der Waals surface area contributed by atoms with E-state index in [2.05, 4.69) is 10.6 Å². The lowest BCUT2D eigenvalue weighted by molar-refractivity contribution is -0.141. The number of ether oxygens (including phenoxy) is 2. The van der Waals surface area contributed by atoms with Gasteiger partial charge in [0, 0.05) is 25.1 Å². The molecule has 12 nitrogen and oxygen atoms in total. The molecule has 1 aliphatic heterocycles. The van der Waals surface area contributed by atoms with Crippen LogP contribution in [0.4, 0.5) is 0 Å². The van der Waals surface area contributed by atoms with Crippen LogP contribution in [0.15, 0.2) is 36.4 Å². The van der Waals surface area contributed by atoms with Gasteiger partial charge < -0.3 is 46.9 Å². The minimum Gasteiger partial charge on any atom is -0.491 e. The molecular formula is C25H32N4O8. The minimum atomic E-state index is -1.23. The van der Waals surface area contributed by atoms with Crippen molar-refractivity contribution >= 4 is 17.8 Å². The summed E-state index contributed by atoms with van der Waals surface area (Å²) >= 11 is 0. The smallest absolute Gasteiger partial charge is 0.326 e. The molecule has 1 unspecified atom stereocenters. The zero-order valence-corrected chi connectivity index (χ0v) is 20.2. The topological polar surface area (TPSA) is 206 Å². The molecule has 37 heavy (non-hydrogen) atoms. The molecule has 0 saturated heterocycles. The van der Waals surface area contributed by atoms with Crippen LogP contribution in [-0.2, 0) is 27.2 Å². The molecule has 0 radical (unpaired) electrons. The predicted molar refractivity (Wildman–Crippen MR) is 133 cm³/mol. The highest BCUT2D eigenvalue weighted by Gasteiger charge is 2.23. The molecule has 0 saturated carbocycles. The van der Waals surface area contributed by atoms with E-state index in [-0.39, 0.29) is 45.7 Å². The van der Waals surface area contributed by atoms with Gasteiger partial charge >= 0.3 is 5.97 Å². The summed E-state index contributed by atoms with van der Waals surface area (Å²) in [6.45, 7) is -0.524. The number of hydrogen-bond acceptors (Lipinski definition) is 9. The Morgan fingerprint density at radius 3 is 2.35 bits per heavy atom. The van der Waals surface area contributed by atoms with Crippen molar-refractivity contribution in [1.82, 2.24) is 10.6 Å². The molecule has 9 N–H and O–H groups in total. The lowest BCUT2D eigenvalue weighted by Crippen LogP contribution is -2.46. The molecule has 0 aliphatic carbocycles. The molecule has 1 aliphatic rings. The lowest BCUT2D eigenvalue weighted by atomic mass is 9.96. The fourth-order valence-electron chi connectivity index (χ4n) is 3.68. The van der Waals surface area contributed by atoms with E-state index in [9.17, 15) is 29.7 Å². The number of hydrogen-bond donors (Lipinski definition) is 7. The zero-order valence-electron chi connectivity index (χ0n) is 20.2. The van der Waals surface area contributed by atoms with E-state index in [1.165, 1.54) is 0 Å². The molecule has 3 rings (SSSR count). The highest BCUT2D eigenvalue weighted by molar-refractivity contribution is 5.89. The van der Waals surface area contributed by atoms with Gasteiger partial charge in [0.2, 0.25) is 11.8 Å². The molecule has 200 valence electrons. The molecule has 2 aromatic rings. The molecular weight excluding hydrogens is 484 g/mol. The third kappa shape index (κ3) is 8.15. The van der Waals surface area contributed by atoms with E-state index >= 15 is 0 Å². The van der Waals surface area contributed by atoms with Gasteiger partial charge in [-0.05, 0) is 41.0 Å². The van der Waals surface area contributed by atoms with Crippen LogP contribution in [0.2, 0.25) is 0 Å². The van der Waals surface area contributed by atoms with Gasteiger partial charge in [-0.25, -0.2) is 4.79 Å². The predicted octanol–water partition coefficient (Wildman–Crippen LogP) is -1.47. The molecule has 0 aromatic heterocycles. The summed E-state index contributed by atoms with van der Waals surface area (Å²) in [7, 11) is 0. The Balaban J connectivity index is 2.11. The van der Waals surface area contributed by atoms with Crippen molar-refractivity contribution in [3.8, 4) is 22.6 Å². The Morgan fingerprint density at radius 2 is 1.68 bits per heavy atom. The van der Waals surface area contributed by atoms with Crippen LogP contribution in [0.3, 0.4) is 0 Å². The van der Waals surface area contributed by atoms with Crippen molar-refractivity contribution in [2.45, 2.75) is 31.1 Å². The van der Waals surface area contributed by atoms with Crippen LogP contribution in [0, 0.1) is 0 Å². The maximum Gasteiger partial charge on any atom is 0.326 e. The molecule has 0 fully saturated rings. The Labute approximate surface area is 213 Å². The third-order valence-corrected chi connectivity index (χ3v) is 5.62. The van der Waals surface area contributed by atoms with Gasteiger partial charge in [0.05, 0.1) is 13.0 Å². The van der Waals surface area contributed by atoms with Crippen molar-refractivity contribution in [1.29, 1.82) is 0 Å². The number of carboxylic acid groups (broad SMARTS) is 1. The van der Waals surface area contributed by atoms with Crippen molar-refractivity contribution in [2.24, 2.45) is 11.5 Å². The average molecular weight is 517 g/mol. The number of nitrogens with one attached hydrogen (secondary N) is 2. The van der Waals surface area contributed by atoms with Gasteiger partial charge in [0.15, 0.2) is 0 Å². The number of carbonyl (C=O) groups excluding carboxylic acids is 2. The normalized spacial score (nSPS) is 17.6. The number of amides is 2. The zero-order chi connectivity index (χ0) is 26.9. The van der Waals surface area contributed by atoms with Gasteiger partial charge in [-0.1, -0.05) is 12.1 Å². The monoisotopic (exact) mass is 516 g/mol. The second kappa shape index (κ2) is 13.0. The number of rotatable bonds is 9. The highest BCUT2D eigenvalue weighted by Crippen LogP contribution is 2.35. The van der Waals surface area contributed by atoms with Gasteiger partial charge in [0.25, 0.3) is 0 Å². The van der Waals surface area contributed by atoms with Gasteiger partial charge in [-0.15, -0.1) is 0 Å². The van der Waals surface area contributed by atoms with Crippen molar-refractivity contribution in [3.05, 3.63) is 47.5 Å². The van der Waals surface area contributed by atoms with Gasteiger partial charge in [-0.2, -0.15) is 0 Å². The average Bonchev–Trinajstić information content (AvgIpc) is 2.88. The summed E-state index contributed by atoms with van der Waals surface area (Å²) in [5, 5.41) is 34.3. The van der Waals surface area contributed by atoms with Crippen LogP contribution < -0.4 is 31.6 Å². The number of aliphatic carboxylic acids is 1. The summed E-state index contributed by atoms with van der Waals surface area (Å²) in [6.07, 6.45) is -1.91. The molecule has 0 spiro atoms. The number of carbonyl (C=O) groups is 3. The molecule has 1 heterocycles.